The SMILES string of the molecule is CCP(=S)(C1CCCCCCC1)C1CCCCCCC1. The van der Waals surface area contributed by atoms with Crippen LogP contribution in [0.25, 0.3) is 0 Å². The van der Waals surface area contributed by atoms with Crippen molar-refractivity contribution in [3.63, 3.8) is 0 Å². The maximum atomic E-state index is 6.46. The van der Waals surface area contributed by atoms with Gasteiger partial charge in [-0.3, -0.25) is 0 Å². The van der Waals surface area contributed by atoms with E-state index in [9.17, 15) is 0 Å². The Labute approximate surface area is 132 Å². The average Bonchev–Trinajstić information content (AvgIpc) is 2.37. The Kier molecular flexibility index (Phi) is 7.60. The Morgan fingerprint density at radius 1 is 0.650 bits per heavy atom. The van der Waals surface area contributed by atoms with E-state index < -0.39 is 6.04 Å². The fraction of sp³-hybridized carbons (Fsp3) is 1.00. The van der Waals surface area contributed by atoms with Gasteiger partial charge < -0.3 is 0 Å². The summed E-state index contributed by atoms with van der Waals surface area (Å²) in [5, 5.41) is 0. The second-order valence-electron chi connectivity index (χ2n) is 7.17. The largest absolute Gasteiger partial charge is 0.0969 e. The van der Waals surface area contributed by atoms with Crippen LogP contribution >= 0.6 is 6.04 Å². The molecule has 0 bridgehead atoms. The van der Waals surface area contributed by atoms with Gasteiger partial charge in [-0.2, -0.15) is 0 Å². The van der Waals surface area contributed by atoms with Crippen molar-refractivity contribution in [2.75, 3.05) is 6.16 Å². The Hall–Kier alpha value is 0.650. The highest BCUT2D eigenvalue weighted by molar-refractivity contribution is 8.15. The van der Waals surface area contributed by atoms with E-state index >= 15 is 0 Å². The van der Waals surface area contributed by atoms with Crippen molar-refractivity contribution in [2.45, 2.75) is 108 Å². The minimum Gasteiger partial charge on any atom is -0.0969 e. The first kappa shape index (κ1) is 17.0. The van der Waals surface area contributed by atoms with Gasteiger partial charge in [0.05, 0.1) is 0 Å². The van der Waals surface area contributed by atoms with Crippen molar-refractivity contribution < 1.29 is 0 Å². The molecule has 20 heavy (non-hydrogen) atoms. The maximum Gasteiger partial charge on any atom is -0.0116 e. The highest BCUT2D eigenvalue weighted by Gasteiger charge is 2.34. The standard InChI is InChI=1S/C18H35PS/c1-2-19(20,17-13-9-5-3-6-10-14-17)18-15-11-7-4-8-12-16-18/h17-18H,2-16H2,1H3. The molecule has 0 N–H and O–H groups in total. The molecule has 2 fully saturated rings. The van der Waals surface area contributed by atoms with Crippen LogP contribution in [-0.4, -0.2) is 17.5 Å². The van der Waals surface area contributed by atoms with Crippen molar-refractivity contribution in [3.05, 3.63) is 0 Å². The van der Waals surface area contributed by atoms with Crippen LogP contribution in [0.3, 0.4) is 0 Å². The third kappa shape index (κ3) is 4.57. The van der Waals surface area contributed by atoms with Crippen molar-refractivity contribution in [2.24, 2.45) is 0 Å². The Bertz CT molecular complexity index is 271. The lowest BCUT2D eigenvalue weighted by Crippen LogP contribution is -2.22. The predicted octanol–water partition coefficient (Wildman–Crippen LogP) is 6.71. The molecule has 0 unspecified atom stereocenters. The van der Waals surface area contributed by atoms with Gasteiger partial charge in [-0.05, 0) is 49.2 Å². The van der Waals surface area contributed by atoms with Gasteiger partial charge in [-0.1, -0.05) is 82.9 Å². The number of hydrogen-bond acceptors (Lipinski definition) is 1. The van der Waals surface area contributed by atoms with Crippen LogP contribution in [0.15, 0.2) is 0 Å². The minimum atomic E-state index is -1.11. The predicted molar refractivity (Wildman–Crippen MR) is 97.0 cm³/mol. The summed E-state index contributed by atoms with van der Waals surface area (Å²) < 4.78 is 0. The smallest absolute Gasteiger partial charge is 0.0116 e. The quantitative estimate of drug-likeness (QED) is 0.521. The molecule has 2 saturated carbocycles. The fourth-order valence-corrected chi connectivity index (χ4v) is 9.93. The third-order valence-electron chi connectivity index (χ3n) is 5.88. The molecule has 0 heterocycles. The molecule has 0 nitrogen and oxygen atoms in total. The lowest BCUT2D eigenvalue weighted by molar-refractivity contribution is 0.488. The molecule has 0 aromatic carbocycles. The second-order valence-corrected chi connectivity index (χ2v) is 13.0. The van der Waals surface area contributed by atoms with E-state index in [4.69, 9.17) is 11.8 Å². The van der Waals surface area contributed by atoms with Crippen LogP contribution in [0.2, 0.25) is 0 Å². The Morgan fingerprint density at radius 3 is 1.25 bits per heavy atom. The molecule has 0 atom stereocenters. The van der Waals surface area contributed by atoms with E-state index in [1.54, 1.807) is 0 Å². The summed E-state index contributed by atoms with van der Waals surface area (Å²) in [6, 6.07) is -1.11. The van der Waals surface area contributed by atoms with Crippen LogP contribution in [0.4, 0.5) is 0 Å². The van der Waals surface area contributed by atoms with E-state index in [2.05, 4.69) is 6.92 Å². The summed E-state index contributed by atoms with van der Waals surface area (Å²) in [5.41, 5.74) is 1.90. The molecule has 2 aliphatic rings. The molecule has 0 aliphatic heterocycles. The van der Waals surface area contributed by atoms with Crippen molar-refractivity contribution in [1.29, 1.82) is 0 Å². The molecular formula is C18H35PS. The van der Waals surface area contributed by atoms with Crippen molar-refractivity contribution in [3.8, 4) is 0 Å². The average molecular weight is 315 g/mol. The Balaban J connectivity index is 2.05. The summed E-state index contributed by atoms with van der Waals surface area (Å²) in [4.78, 5) is 0. The lowest BCUT2D eigenvalue weighted by Gasteiger charge is -2.39. The summed E-state index contributed by atoms with van der Waals surface area (Å²) in [6.45, 7) is 2.43. The first-order chi connectivity index (χ1) is 9.77. The van der Waals surface area contributed by atoms with E-state index in [1.807, 2.05) is 0 Å². The monoisotopic (exact) mass is 314 g/mol. The molecule has 2 heteroatoms. The van der Waals surface area contributed by atoms with Gasteiger partial charge in [-0.25, -0.2) is 0 Å². The summed E-state index contributed by atoms with van der Waals surface area (Å²) >= 11 is 6.46. The lowest BCUT2D eigenvalue weighted by atomic mass is 10.00. The summed E-state index contributed by atoms with van der Waals surface area (Å²) in [5.74, 6) is 0. The Morgan fingerprint density at radius 2 is 0.950 bits per heavy atom. The molecule has 0 amide bonds. The maximum absolute atomic E-state index is 6.46. The fourth-order valence-electron chi connectivity index (χ4n) is 4.56. The molecule has 0 radical (unpaired) electrons. The van der Waals surface area contributed by atoms with Crippen molar-refractivity contribution >= 4 is 17.8 Å². The zero-order chi connectivity index (χ0) is 14.3. The number of rotatable bonds is 3. The molecule has 0 aromatic heterocycles. The van der Waals surface area contributed by atoms with Gasteiger partial charge in [0, 0.05) is 0 Å². The van der Waals surface area contributed by atoms with E-state index in [1.165, 1.54) is 96.1 Å². The normalized spacial score (nSPS) is 25.4. The van der Waals surface area contributed by atoms with Crippen LogP contribution in [0, 0.1) is 0 Å². The highest BCUT2D eigenvalue weighted by Crippen LogP contribution is 2.61. The zero-order valence-electron chi connectivity index (χ0n) is 13.6. The summed E-state index contributed by atoms with van der Waals surface area (Å²) in [6.07, 6.45) is 22.0. The van der Waals surface area contributed by atoms with Crippen molar-refractivity contribution in [1.82, 2.24) is 0 Å². The van der Waals surface area contributed by atoms with Gasteiger partial charge in [0.15, 0.2) is 0 Å². The van der Waals surface area contributed by atoms with E-state index in [-0.39, 0.29) is 0 Å². The van der Waals surface area contributed by atoms with Gasteiger partial charge in [0.2, 0.25) is 0 Å². The molecular weight excluding hydrogens is 279 g/mol. The van der Waals surface area contributed by atoms with Crippen LogP contribution < -0.4 is 0 Å². The molecule has 2 aliphatic carbocycles. The van der Waals surface area contributed by atoms with E-state index in [0.717, 1.165) is 11.3 Å². The highest BCUT2D eigenvalue weighted by atomic mass is 32.4. The van der Waals surface area contributed by atoms with Crippen LogP contribution in [0.1, 0.15) is 96.8 Å². The third-order valence-corrected chi connectivity index (χ3v) is 12.9. The first-order valence-corrected chi connectivity index (χ1v) is 12.5. The molecule has 0 aromatic rings. The minimum absolute atomic E-state index is 0.951. The van der Waals surface area contributed by atoms with Gasteiger partial charge in [0.25, 0.3) is 0 Å². The van der Waals surface area contributed by atoms with E-state index in [0.29, 0.717) is 0 Å². The molecule has 118 valence electrons. The first-order valence-electron chi connectivity index (χ1n) is 9.36. The van der Waals surface area contributed by atoms with Gasteiger partial charge in [0.1, 0.15) is 0 Å². The van der Waals surface area contributed by atoms with Gasteiger partial charge >= 0.3 is 0 Å². The molecule has 0 saturated heterocycles. The van der Waals surface area contributed by atoms with Crippen LogP contribution in [-0.2, 0) is 11.8 Å². The number of hydrogen-bond donors (Lipinski definition) is 0. The topological polar surface area (TPSA) is 0 Å². The molecule has 0 spiro atoms. The molecule has 2 rings (SSSR count). The van der Waals surface area contributed by atoms with Crippen LogP contribution in [0.5, 0.6) is 0 Å². The zero-order valence-corrected chi connectivity index (χ0v) is 15.3. The summed E-state index contributed by atoms with van der Waals surface area (Å²) in [7, 11) is 0. The van der Waals surface area contributed by atoms with Gasteiger partial charge in [-0.15, -0.1) is 0 Å². The second kappa shape index (κ2) is 8.94.